The highest BCUT2D eigenvalue weighted by Crippen LogP contribution is 2.49. The number of benzene rings is 1. The van der Waals surface area contributed by atoms with Crippen LogP contribution in [0.3, 0.4) is 0 Å². The van der Waals surface area contributed by atoms with Crippen LogP contribution in [0.15, 0.2) is 55.1 Å². The number of aromatic nitrogens is 4. The minimum atomic E-state index is -0.246. The van der Waals surface area contributed by atoms with Crippen LogP contribution in [0.5, 0.6) is 0 Å². The summed E-state index contributed by atoms with van der Waals surface area (Å²) in [5.41, 5.74) is 2.72. The molecule has 1 saturated heterocycles. The molecule has 0 bridgehead atoms. The first-order valence-electron chi connectivity index (χ1n) is 9.45. The van der Waals surface area contributed by atoms with Crippen LogP contribution in [0, 0.1) is 12.8 Å². The van der Waals surface area contributed by atoms with Crippen molar-refractivity contribution in [3.05, 3.63) is 60.7 Å². The summed E-state index contributed by atoms with van der Waals surface area (Å²) in [6.45, 7) is 2.01. The lowest BCUT2D eigenvalue weighted by atomic mass is 10.1. The van der Waals surface area contributed by atoms with Gasteiger partial charge in [0.2, 0.25) is 11.9 Å². The van der Waals surface area contributed by atoms with Crippen LogP contribution in [0.4, 0.5) is 11.6 Å². The zero-order valence-electron chi connectivity index (χ0n) is 15.5. The number of nitrogens with one attached hydrogen (secondary N) is 1. The Balaban J connectivity index is 1.39. The highest BCUT2D eigenvalue weighted by atomic mass is 16.2. The predicted octanol–water partition coefficient (Wildman–Crippen LogP) is 2.85. The second kappa shape index (κ2) is 6.67. The monoisotopic (exact) mass is 372 g/mol. The molecule has 0 radical (unpaired) electrons. The Labute approximate surface area is 162 Å². The number of amides is 1. The van der Waals surface area contributed by atoms with Crippen molar-refractivity contribution in [2.75, 3.05) is 10.2 Å². The van der Waals surface area contributed by atoms with Gasteiger partial charge in [-0.2, -0.15) is 0 Å². The summed E-state index contributed by atoms with van der Waals surface area (Å²) < 4.78 is 0. The Kier molecular flexibility index (Phi) is 4.00. The fourth-order valence-electron chi connectivity index (χ4n) is 4.01. The van der Waals surface area contributed by atoms with Crippen LogP contribution in [0.25, 0.3) is 11.4 Å². The van der Waals surface area contributed by atoms with Crippen molar-refractivity contribution in [2.45, 2.75) is 31.8 Å². The van der Waals surface area contributed by atoms with Crippen LogP contribution < -0.4 is 10.2 Å². The number of rotatable bonds is 4. The molecule has 3 heterocycles. The van der Waals surface area contributed by atoms with Crippen molar-refractivity contribution in [2.24, 2.45) is 5.92 Å². The van der Waals surface area contributed by atoms with Gasteiger partial charge in [-0.3, -0.25) is 4.79 Å². The van der Waals surface area contributed by atoms with E-state index in [9.17, 15) is 4.79 Å². The minimum absolute atomic E-state index is 0.0246. The Morgan fingerprint density at radius 1 is 1.04 bits per heavy atom. The van der Waals surface area contributed by atoms with Crippen LogP contribution in [-0.4, -0.2) is 37.9 Å². The molecule has 1 aromatic carbocycles. The molecule has 3 aromatic rings. The van der Waals surface area contributed by atoms with Crippen LogP contribution >= 0.6 is 0 Å². The van der Waals surface area contributed by atoms with E-state index in [0.29, 0.717) is 23.7 Å². The standard InChI is InChI=1S/C21H20N6O/c1-13-4-5-15(12-16(13)19-22-6-2-7-23-19)26-20(28)18-11-14-10-17(14)27(18)21-24-8-3-9-25-21/h2-9,12,14,17-18H,10-11H2,1H3,(H,26,28)/t14-,17-,18-/m1/s1. The quantitative estimate of drug-likeness (QED) is 0.758. The fraction of sp³-hybridized carbons (Fsp3) is 0.286. The van der Waals surface area contributed by atoms with Crippen LogP contribution in [-0.2, 0) is 4.79 Å². The maximum atomic E-state index is 13.1. The van der Waals surface area contributed by atoms with E-state index in [-0.39, 0.29) is 11.9 Å². The number of hydrogen-bond donors (Lipinski definition) is 1. The summed E-state index contributed by atoms with van der Waals surface area (Å²) in [6, 6.07) is 9.54. The van der Waals surface area contributed by atoms with E-state index in [1.165, 1.54) is 0 Å². The lowest BCUT2D eigenvalue weighted by Gasteiger charge is -2.26. The molecule has 2 aliphatic rings. The Hall–Kier alpha value is -3.35. The van der Waals surface area contributed by atoms with Gasteiger partial charge in [0, 0.05) is 42.1 Å². The smallest absolute Gasteiger partial charge is 0.247 e. The van der Waals surface area contributed by atoms with Crippen molar-refractivity contribution in [3.63, 3.8) is 0 Å². The van der Waals surface area contributed by atoms with Gasteiger partial charge in [-0.15, -0.1) is 0 Å². The van der Waals surface area contributed by atoms with Crippen molar-refractivity contribution in [3.8, 4) is 11.4 Å². The molecule has 2 aromatic heterocycles. The summed E-state index contributed by atoms with van der Waals surface area (Å²) in [6.07, 6.45) is 8.83. The van der Waals surface area contributed by atoms with E-state index in [0.717, 1.165) is 29.7 Å². The zero-order valence-corrected chi connectivity index (χ0v) is 15.5. The van der Waals surface area contributed by atoms with Crippen molar-refractivity contribution in [1.82, 2.24) is 19.9 Å². The highest BCUT2D eigenvalue weighted by Gasteiger charge is 2.55. The van der Waals surface area contributed by atoms with Crippen molar-refractivity contribution >= 4 is 17.5 Å². The largest absolute Gasteiger partial charge is 0.325 e. The third-order valence-electron chi connectivity index (χ3n) is 5.50. The van der Waals surface area contributed by atoms with Crippen LogP contribution in [0.1, 0.15) is 18.4 Å². The highest BCUT2D eigenvalue weighted by molar-refractivity contribution is 5.98. The van der Waals surface area contributed by atoms with Gasteiger partial charge in [-0.25, -0.2) is 19.9 Å². The van der Waals surface area contributed by atoms with Gasteiger partial charge in [0.1, 0.15) is 6.04 Å². The lowest BCUT2D eigenvalue weighted by molar-refractivity contribution is -0.117. The fourth-order valence-corrected chi connectivity index (χ4v) is 4.01. The molecule has 5 rings (SSSR count). The number of hydrogen-bond acceptors (Lipinski definition) is 6. The molecule has 0 spiro atoms. The molecular formula is C21H20N6O. The predicted molar refractivity (Wildman–Crippen MR) is 106 cm³/mol. The lowest BCUT2D eigenvalue weighted by Crippen LogP contribution is -2.43. The average Bonchev–Trinajstić information content (AvgIpc) is 3.40. The number of anilines is 2. The van der Waals surface area contributed by atoms with E-state index in [2.05, 4.69) is 30.2 Å². The van der Waals surface area contributed by atoms with Gasteiger partial charge in [0.15, 0.2) is 5.82 Å². The Bertz CT molecular complexity index is 1010. The molecule has 7 nitrogen and oxygen atoms in total. The number of nitrogens with zero attached hydrogens (tertiary/aromatic N) is 5. The Morgan fingerprint density at radius 3 is 2.50 bits per heavy atom. The SMILES string of the molecule is Cc1ccc(NC(=O)[C@H]2C[C@H]3C[C@H]3N2c2ncccn2)cc1-c1ncccn1. The zero-order chi connectivity index (χ0) is 19.1. The molecule has 1 saturated carbocycles. The summed E-state index contributed by atoms with van der Waals surface area (Å²) in [5, 5.41) is 3.07. The molecule has 140 valence electrons. The molecule has 3 atom stereocenters. The second-order valence-corrected chi connectivity index (χ2v) is 7.36. The van der Waals surface area contributed by atoms with E-state index >= 15 is 0 Å². The Morgan fingerprint density at radius 2 is 1.75 bits per heavy atom. The maximum Gasteiger partial charge on any atom is 0.247 e. The van der Waals surface area contributed by atoms with Gasteiger partial charge < -0.3 is 10.2 Å². The number of carbonyl (C=O) groups is 1. The molecule has 1 aliphatic carbocycles. The van der Waals surface area contributed by atoms with E-state index in [4.69, 9.17) is 0 Å². The summed E-state index contributed by atoms with van der Waals surface area (Å²) in [7, 11) is 0. The number of aryl methyl sites for hydroxylation is 1. The molecule has 1 amide bonds. The topological polar surface area (TPSA) is 83.9 Å². The van der Waals surface area contributed by atoms with Gasteiger partial charge in [0.05, 0.1) is 0 Å². The molecular weight excluding hydrogens is 352 g/mol. The molecule has 0 unspecified atom stereocenters. The second-order valence-electron chi connectivity index (χ2n) is 7.36. The van der Waals surface area contributed by atoms with E-state index in [1.807, 2.05) is 25.1 Å². The minimum Gasteiger partial charge on any atom is -0.325 e. The summed E-state index contributed by atoms with van der Waals surface area (Å²) in [4.78, 5) is 32.5. The first-order chi connectivity index (χ1) is 13.7. The summed E-state index contributed by atoms with van der Waals surface area (Å²) in [5.74, 6) is 1.82. The summed E-state index contributed by atoms with van der Waals surface area (Å²) >= 11 is 0. The third-order valence-corrected chi connectivity index (χ3v) is 5.50. The average molecular weight is 372 g/mol. The third kappa shape index (κ3) is 2.98. The number of carbonyl (C=O) groups excluding carboxylic acids is 1. The van der Waals surface area contributed by atoms with Crippen molar-refractivity contribution < 1.29 is 4.79 Å². The van der Waals surface area contributed by atoms with Gasteiger partial charge >= 0.3 is 0 Å². The van der Waals surface area contributed by atoms with Gasteiger partial charge in [-0.05, 0) is 55.5 Å². The molecule has 7 heteroatoms. The van der Waals surface area contributed by atoms with Gasteiger partial charge in [0.25, 0.3) is 0 Å². The first-order valence-corrected chi connectivity index (χ1v) is 9.45. The maximum absolute atomic E-state index is 13.1. The van der Waals surface area contributed by atoms with Crippen molar-refractivity contribution in [1.29, 1.82) is 0 Å². The molecule has 28 heavy (non-hydrogen) atoms. The molecule has 2 fully saturated rings. The normalized spacial score (nSPS) is 22.6. The first kappa shape index (κ1) is 16.8. The molecule has 1 aliphatic heterocycles. The van der Waals surface area contributed by atoms with E-state index < -0.39 is 0 Å². The number of piperidine rings is 1. The number of fused-ring (bicyclic) bond motifs is 1. The molecule has 1 N–H and O–H groups in total. The van der Waals surface area contributed by atoms with Crippen LogP contribution in [0.2, 0.25) is 0 Å². The van der Waals surface area contributed by atoms with E-state index in [1.54, 1.807) is 36.9 Å². The van der Waals surface area contributed by atoms with Gasteiger partial charge in [-0.1, -0.05) is 6.07 Å².